The van der Waals surface area contributed by atoms with E-state index in [1.54, 1.807) is 6.33 Å². The van der Waals surface area contributed by atoms with Gasteiger partial charge < -0.3 is 9.64 Å². The number of aromatic nitrogens is 4. The number of likely N-dealkylation sites (tertiary alicyclic amines) is 1. The van der Waals surface area contributed by atoms with Gasteiger partial charge in [-0.25, -0.2) is 9.50 Å². The van der Waals surface area contributed by atoms with Crippen molar-refractivity contribution >= 4 is 11.5 Å². The minimum Gasteiger partial charge on any atom is -0.378 e. The van der Waals surface area contributed by atoms with Crippen molar-refractivity contribution in [3.63, 3.8) is 0 Å². The minimum absolute atomic E-state index is 0.448. The summed E-state index contributed by atoms with van der Waals surface area (Å²) < 4.78 is 7.49. The van der Waals surface area contributed by atoms with Gasteiger partial charge in [-0.15, -0.1) is 0 Å². The average Bonchev–Trinajstić information content (AvgIpc) is 3.32. The lowest BCUT2D eigenvalue weighted by molar-refractivity contribution is 0.122. The van der Waals surface area contributed by atoms with Crippen LogP contribution in [0.15, 0.2) is 30.6 Å². The Bertz CT molecular complexity index is 1090. The number of aryl methyl sites for hydroxylation is 1. The maximum Gasteiger partial charge on any atom is 0.252 e. The molecule has 0 bridgehead atoms. The Kier molecular flexibility index (Phi) is 6.60. The Morgan fingerprint density at radius 1 is 1.15 bits per heavy atom. The predicted molar refractivity (Wildman–Crippen MR) is 131 cm³/mol. The molecule has 7 nitrogen and oxygen atoms in total. The molecule has 2 aliphatic rings. The molecule has 3 aromatic rings. The highest BCUT2D eigenvalue weighted by atomic mass is 16.5. The fraction of sp³-hybridized carbons (Fsp3) is 0.577. The summed E-state index contributed by atoms with van der Waals surface area (Å²) in [6.45, 7) is 13.5. The third-order valence-corrected chi connectivity index (χ3v) is 7.37. The number of rotatable bonds is 6. The molecule has 0 N–H and O–H groups in total. The lowest BCUT2D eigenvalue weighted by Gasteiger charge is -2.34. The van der Waals surface area contributed by atoms with Crippen molar-refractivity contribution in [2.75, 3.05) is 44.3 Å². The summed E-state index contributed by atoms with van der Waals surface area (Å²) in [5.74, 6) is 1.71. The molecule has 5 rings (SSSR count). The average molecular weight is 449 g/mol. The molecule has 1 aromatic carbocycles. The zero-order chi connectivity index (χ0) is 22.8. The molecule has 0 spiro atoms. The summed E-state index contributed by atoms with van der Waals surface area (Å²) in [7, 11) is 0. The van der Waals surface area contributed by atoms with Crippen LogP contribution in [0.1, 0.15) is 67.5 Å². The van der Waals surface area contributed by atoms with Crippen molar-refractivity contribution in [3.05, 3.63) is 53.1 Å². The van der Waals surface area contributed by atoms with Crippen LogP contribution in [0.25, 0.3) is 5.78 Å². The van der Waals surface area contributed by atoms with Crippen LogP contribution in [0.5, 0.6) is 0 Å². The van der Waals surface area contributed by atoms with Crippen molar-refractivity contribution in [3.8, 4) is 0 Å². The Balaban J connectivity index is 1.37. The van der Waals surface area contributed by atoms with E-state index >= 15 is 0 Å². The normalized spacial score (nSPS) is 20.9. The summed E-state index contributed by atoms with van der Waals surface area (Å²) in [6.07, 6.45) is 5.15. The first-order chi connectivity index (χ1) is 16.1. The van der Waals surface area contributed by atoms with Gasteiger partial charge in [-0.3, -0.25) is 4.90 Å². The molecule has 0 saturated carbocycles. The number of anilines is 1. The minimum atomic E-state index is 0.448. The number of nitrogens with zero attached hydrogens (tertiary/aromatic N) is 6. The van der Waals surface area contributed by atoms with Gasteiger partial charge in [0, 0.05) is 43.5 Å². The summed E-state index contributed by atoms with van der Waals surface area (Å²) in [5, 5.41) is 4.46. The van der Waals surface area contributed by atoms with Crippen molar-refractivity contribution in [1.82, 2.24) is 24.5 Å². The molecule has 2 unspecified atom stereocenters. The van der Waals surface area contributed by atoms with Gasteiger partial charge in [0.2, 0.25) is 0 Å². The van der Waals surface area contributed by atoms with E-state index in [-0.39, 0.29) is 0 Å². The van der Waals surface area contributed by atoms with Gasteiger partial charge in [-0.2, -0.15) is 10.1 Å². The van der Waals surface area contributed by atoms with E-state index in [1.807, 2.05) is 11.4 Å². The van der Waals surface area contributed by atoms with Crippen molar-refractivity contribution in [2.45, 2.75) is 58.4 Å². The maximum absolute atomic E-state index is 5.56. The van der Waals surface area contributed by atoms with E-state index in [0.717, 1.165) is 58.1 Å². The Morgan fingerprint density at radius 2 is 2.00 bits per heavy atom. The molecule has 0 aliphatic carbocycles. The third kappa shape index (κ3) is 4.75. The fourth-order valence-corrected chi connectivity index (χ4v) is 5.35. The molecular formula is C26H36N6O. The third-order valence-electron chi connectivity index (χ3n) is 7.37. The lowest BCUT2D eigenvalue weighted by Crippen LogP contribution is -2.36. The van der Waals surface area contributed by atoms with Crippen molar-refractivity contribution in [1.29, 1.82) is 0 Å². The van der Waals surface area contributed by atoms with E-state index in [4.69, 9.17) is 4.74 Å². The van der Waals surface area contributed by atoms with Gasteiger partial charge in [0.1, 0.15) is 6.33 Å². The number of fused-ring (bicyclic) bond motifs is 1. The molecule has 7 heteroatoms. The second-order valence-electron chi connectivity index (χ2n) is 9.66. The number of piperidine rings is 1. The van der Waals surface area contributed by atoms with Gasteiger partial charge in [-0.1, -0.05) is 19.9 Å². The highest BCUT2D eigenvalue weighted by Crippen LogP contribution is 2.32. The van der Waals surface area contributed by atoms with Crippen LogP contribution >= 0.6 is 0 Å². The highest BCUT2D eigenvalue weighted by Gasteiger charge is 2.25. The number of hydrogen-bond acceptors (Lipinski definition) is 6. The number of benzene rings is 1. The smallest absolute Gasteiger partial charge is 0.252 e. The first-order valence-corrected chi connectivity index (χ1v) is 12.5. The molecular weight excluding hydrogens is 412 g/mol. The first kappa shape index (κ1) is 22.3. The van der Waals surface area contributed by atoms with Crippen molar-refractivity contribution < 1.29 is 4.74 Å². The fourth-order valence-electron chi connectivity index (χ4n) is 5.35. The first-order valence-electron chi connectivity index (χ1n) is 12.5. The largest absolute Gasteiger partial charge is 0.378 e. The summed E-state index contributed by atoms with van der Waals surface area (Å²) in [5.41, 5.74) is 6.57. The van der Waals surface area contributed by atoms with E-state index in [0.29, 0.717) is 17.6 Å². The summed E-state index contributed by atoms with van der Waals surface area (Å²) in [4.78, 5) is 13.9. The molecule has 176 valence electrons. The SMILES string of the molecule is CCC(C)c1cc(N2CCOCC2)ccc1CN1CCCC(c2cc(C)nc3ncnn23)C1. The Hall–Kier alpha value is -2.51. The van der Waals surface area contributed by atoms with Gasteiger partial charge in [0.25, 0.3) is 5.78 Å². The number of hydrogen-bond donors (Lipinski definition) is 0. The van der Waals surface area contributed by atoms with Gasteiger partial charge in [-0.05, 0) is 68.0 Å². The molecule has 0 amide bonds. The van der Waals surface area contributed by atoms with Gasteiger partial charge >= 0.3 is 0 Å². The molecule has 2 aliphatic heterocycles. The number of ether oxygens (including phenoxy) is 1. The van der Waals surface area contributed by atoms with E-state index in [9.17, 15) is 0 Å². The van der Waals surface area contributed by atoms with Crippen LogP contribution < -0.4 is 4.90 Å². The zero-order valence-electron chi connectivity index (χ0n) is 20.2. The maximum atomic E-state index is 5.56. The van der Waals surface area contributed by atoms with Gasteiger partial charge in [0.05, 0.1) is 18.9 Å². The molecule has 2 atom stereocenters. The van der Waals surface area contributed by atoms with Crippen LogP contribution in [0.3, 0.4) is 0 Å². The van der Waals surface area contributed by atoms with Crippen LogP contribution in [0, 0.1) is 6.92 Å². The van der Waals surface area contributed by atoms with Crippen LogP contribution in [-0.2, 0) is 11.3 Å². The molecule has 2 aromatic heterocycles. The van der Waals surface area contributed by atoms with Crippen LogP contribution in [0.2, 0.25) is 0 Å². The standard InChI is InChI=1S/C26H36N6O/c1-4-19(2)24-15-23(31-10-12-33-13-11-31)8-7-21(24)16-30-9-5-6-22(17-30)25-14-20(3)29-26-27-18-28-32(25)26/h7-8,14-15,18-19,22H,4-6,9-13,16-17H2,1-3H3. The quantitative estimate of drug-likeness (QED) is 0.564. The summed E-state index contributed by atoms with van der Waals surface area (Å²) in [6, 6.07) is 9.33. The summed E-state index contributed by atoms with van der Waals surface area (Å²) >= 11 is 0. The Morgan fingerprint density at radius 3 is 2.82 bits per heavy atom. The second kappa shape index (κ2) is 9.77. The lowest BCUT2D eigenvalue weighted by atomic mass is 9.90. The highest BCUT2D eigenvalue weighted by molar-refractivity contribution is 5.52. The van der Waals surface area contributed by atoms with E-state index in [1.165, 1.54) is 35.3 Å². The molecule has 2 saturated heterocycles. The van der Waals surface area contributed by atoms with Crippen LogP contribution in [-0.4, -0.2) is 63.9 Å². The van der Waals surface area contributed by atoms with Crippen molar-refractivity contribution in [2.24, 2.45) is 0 Å². The molecule has 0 radical (unpaired) electrons. The topological polar surface area (TPSA) is 58.8 Å². The van der Waals surface area contributed by atoms with E-state index in [2.05, 4.69) is 63.0 Å². The molecule has 33 heavy (non-hydrogen) atoms. The monoisotopic (exact) mass is 448 g/mol. The zero-order valence-corrected chi connectivity index (χ0v) is 20.2. The van der Waals surface area contributed by atoms with Crippen LogP contribution in [0.4, 0.5) is 5.69 Å². The second-order valence-corrected chi connectivity index (χ2v) is 9.66. The predicted octanol–water partition coefficient (Wildman–Crippen LogP) is 4.16. The Labute approximate surface area is 196 Å². The van der Waals surface area contributed by atoms with E-state index < -0.39 is 0 Å². The molecule has 4 heterocycles. The molecule has 2 fully saturated rings. The number of morpholine rings is 1. The van der Waals surface area contributed by atoms with Gasteiger partial charge in [0.15, 0.2) is 0 Å².